The van der Waals surface area contributed by atoms with Crippen LogP contribution >= 0.6 is 0 Å². The zero-order valence-corrected chi connectivity index (χ0v) is 9.71. The Morgan fingerprint density at radius 3 is 2.73 bits per heavy atom. The van der Waals surface area contributed by atoms with E-state index < -0.39 is 0 Å². The highest BCUT2D eigenvalue weighted by molar-refractivity contribution is 5.99. The molecular formula is C12H18N2O. The highest BCUT2D eigenvalue weighted by Crippen LogP contribution is 2.26. The Kier molecular flexibility index (Phi) is 2.63. The highest BCUT2D eigenvalue weighted by Gasteiger charge is 2.26. The predicted octanol–water partition coefficient (Wildman–Crippen LogP) is 2.55. The third-order valence-electron chi connectivity index (χ3n) is 3.00. The van der Waals surface area contributed by atoms with Crippen molar-refractivity contribution in [3.63, 3.8) is 0 Å². The Morgan fingerprint density at radius 1 is 1.40 bits per heavy atom. The lowest BCUT2D eigenvalue weighted by Crippen LogP contribution is -2.15. The maximum absolute atomic E-state index is 11.8. The van der Waals surface area contributed by atoms with Gasteiger partial charge in [0.05, 0.1) is 11.3 Å². The molecule has 0 saturated heterocycles. The van der Waals surface area contributed by atoms with E-state index in [0.29, 0.717) is 18.2 Å². The lowest BCUT2D eigenvalue weighted by Gasteiger charge is -2.15. The minimum atomic E-state index is 0.292. The van der Waals surface area contributed by atoms with Crippen LogP contribution in [0, 0.1) is 0 Å². The van der Waals surface area contributed by atoms with Crippen molar-refractivity contribution in [2.75, 3.05) is 0 Å². The van der Waals surface area contributed by atoms with Crippen molar-refractivity contribution in [1.29, 1.82) is 0 Å². The normalized spacial score (nSPS) is 15.9. The fourth-order valence-corrected chi connectivity index (χ4v) is 2.30. The molecule has 1 aliphatic rings. The Morgan fingerprint density at radius 2 is 2.13 bits per heavy atom. The summed E-state index contributed by atoms with van der Waals surface area (Å²) in [6.45, 7) is 6.30. The highest BCUT2D eigenvalue weighted by atomic mass is 16.1. The van der Waals surface area contributed by atoms with Gasteiger partial charge in [-0.2, -0.15) is 5.10 Å². The van der Waals surface area contributed by atoms with Gasteiger partial charge >= 0.3 is 0 Å². The summed E-state index contributed by atoms with van der Waals surface area (Å²) in [7, 11) is 0. The van der Waals surface area contributed by atoms with Gasteiger partial charge in [0.15, 0.2) is 5.78 Å². The molecule has 0 spiro atoms. The summed E-state index contributed by atoms with van der Waals surface area (Å²) in [4.78, 5) is 11.8. The van der Waals surface area contributed by atoms with Crippen LogP contribution in [0.5, 0.6) is 0 Å². The van der Waals surface area contributed by atoms with Gasteiger partial charge < -0.3 is 0 Å². The van der Waals surface area contributed by atoms with Crippen LogP contribution in [0.1, 0.15) is 61.4 Å². The van der Waals surface area contributed by atoms with Gasteiger partial charge in [0.25, 0.3) is 0 Å². The Balaban J connectivity index is 2.57. The molecule has 0 atom stereocenters. The summed E-state index contributed by atoms with van der Waals surface area (Å²) in [5.74, 6) is 0.292. The van der Waals surface area contributed by atoms with Crippen LogP contribution in [0.2, 0.25) is 0 Å². The average molecular weight is 206 g/mol. The average Bonchev–Trinajstić information content (AvgIpc) is 2.58. The number of rotatable bonds is 2. The van der Waals surface area contributed by atoms with Crippen LogP contribution in [0.3, 0.4) is 0 Å². The number of Topliss-reactive ketones (excluding diaryl/α,β-unsaturated/α-hetero) is 1. The summed E-state index contributed by atoms with van der Waals surface area (Å²) in [6, 6.07) is 0.352. The predicted molar refractivity (Wildman–Crippen MR) is 59.3 cm³/mol. The summed E-state index contributed by atoms with van der Waals surface area (Å²) >= 11 is 0. The maximum Gasteiger partial charge on any atom is 0.166 e. The van der Waals surface area contributed by atoms with E-state index >= 15 is 0 Å². The SMILES string of the molecule is CCc1nn(C(C)C)c2c1C(=O)CCC2. The zero-order chi connectivity index (χ0) is 11.0. The number of hydrogen-bond acceptors (Lipinski definition) is 2. The van der Waals surface area contributed by atoms with E-state index in [1.165, 1.54) is 0 Å². The second-order valence-corrected chi connectivity index (χ2v) is 4.44. The molecule has 0 fully saturated rings. The first-order valence-corrected chi connectivity index (χ1v) is 5.78. The minimum absolute atomic E-state index is 0.292. The first-order valence-electron chi connectivity index (χ1n) is 5.78. The molecule has 0 aliphatic heterocycles. The van der Waals surface area contributed by atoms with Crippen molar-refractivity contribution in [2.24, 2.45) is 0 Å². The van der Waals surface area contributed by atoms with Crippen LogP contribution in [0.15, 0.2) is 0 Å². The second-order valence-electron chi connectivity index (χ2n) is 4.44. The number of fused-ring (bicyclic) bond motifs is 1. The third-order valence-corrected chi connectivity index (χ3v) is 3.00. The van der Waals surface area contributed by atoms with Crippen molar-refractivity contribution >= 4 is 5.78 Å². The fourth-order valence-electron chi connectivity index (χ4n) is 2.30. The van der Waals surface area contributed by atoms with Crippen LogP contribution in [-0.2, 0) is 12.8 Å². The number of nitrogens with zero attached hydrogens (tertiary/aromatic N) is 2. The van der Waals surface area contributed by atoms with Gasteiger partial charge in [-0.3, -0.25) is 9.48 Å². The minimum Gasteiger partial charge on any atom is -0.294 e. The molecule has 3 heteroatoms. The number of ketones is 1. The van der Waals surface area contributed by atoms with E-state index in [1.807, 2.05) is 4.68 Å². The fraction of sp³-hybridized carbons (Fsp3) is 0.667. The van der Waals surface area contributed by atoms with Gasteiger partial charge in [0, 0.05) is 18.2 Å². The molecule has 0 bridgehead atoms. The Hall–Kier alpha value is -1.12. The molecule has 3 nitrogen and oxygen atoms in total. The molecule has 15 heavy (non-hydrogen) atoms. The monoisotopic (exact) mass is 206 g/mol. The van der Waals surface area contributed by atoms with Gasteiger partial charge in [-0.1, -0.05) is 6.92 Å². The summed E-state index contributed by atoms with van der Waals surface area (Å²) in [5, 5.41) is 4.56. The van der Waals surface area contributed by atoms with Crippen molar-refractivity contribution in [3.05, 3.63) is 17.0 Å². The Labute approximate surface area is 90.5 Å². The molecule has 0 radical (unpaired) electrons. The molecule has 2 rings (SSSR count). The number of hydrogen-bond donors (Lipinski definition) is 0. The number of aryl methyl sites for hydroxylation is 1. The lowest BCUT2D eigenvalue weighted by molar-refractivity contribution is 0.0971. The van der Waals surface area contributed by atoms with E-state index in [0.717, 1.165) is 36.2 Å². The maximum atomic E-state index is 11.8. The summed E-state index contributed by atoms with van der Waals surface area (Å²) in [6.07, 6.45) is 3.54. The summed E-state index contributed by atoms with van der Waals surface area (Å²) in [5.41, 5.74) is 3.08. The standard InChI is InChI=1S/C12H18N2O/c1-4-9-12-10(6-5-7-11(12)15)14(13-9)8(2)3/h8H,4-7H2,1-3H3. The van der Waals surface area contributed by atoms with Crippen LogP contribution < -0.4 is 0 Å². The van der Waals surface area contributed by atoms with E-state index in [-0.39, 0.29) is 0 Å². The lowest BCUT2D eigenvalue weighted by atomic mass is 9.93. The van der Waals surface area contributed by atoms with Crippen molar-refractivity contribution < 1.29 is 4.79 Å². The van der Waals surface area contributed by atoms with E-state index in [9.17, 15) is 4.79 Å². The summed E-state index contributed by atoms with van der Waals surface area (Å²) < 4.78 is 2.03. The van der Waals surface area contributed by atoms with Gasteiger partial charge in [-0.05, 0) is 33.1 Å². The van der Waals surface area contributed by atoms with Crippen LogP contribution in [-0.4, -0.2) is 15.6 Å². The largest absolute Gasteiger partial charge is 0.294 e. The molecule has 1 heterocycles. The third kappa shape index (κ3) is 1.60. The topological polar surface area (TPSA) is 34.9 Å². The molecule has 1 aromatic heterocycles. The van der Waals surface area contributed by atoms with E-state index in [4.69, 9.17) is 0 Å². The van der Waals surface area contributed by atoms with E-state index in [2.05, 4.69) is 25.9 Å². The van der Waals surface area contributed by atoms with Crippen LogP contribution in [0.4, 0.5) is 0 Å². The first-order chi connectivity index (χ1) is 7.15. The molecule has 1 aliphatic carbocycles. The molecular weight excluding hydrogens is 188 g/mol. The number of aromatic nitrogens is 2. The van der Waals surface area contributed by atoms with Gasteiger partial charge in [0.1, 0.15) is 0 Å². The van der Waals surface area contributed by atoms with Gasteiger partial charge in [-0.15, -0.1) is 0 Å². The smallest absolute Gasteiger partial charge is 0.166 e. The number of carbonyl (C=O) groups excluding carboxylic acids is 1. The molecule has 1 aromatic rings. The quantitative estimate of drug-likeness (QED) is 0.745. The molecule has 82 valence electrons. The number of carbonyl (C=O) groups is 1. The van der Waals surface area contributed by atoms with Crippen LogP contribution in [0.25, 0.3) is 0 Å². The van der Waals surface area contributed by atoms with Crippen molar-refractivity contribution in [3.8, 4) is 0 Å². The van der Waals surface area contributed by atoms with Crippen molar-refractivity contribution in [1.82, 2.24) is 9.78 Å². The van der Waals surface area contributed by atoms with E-state index in [1.54, 1.807) is 0 Å². The van der Waals surface area contributed by atoms with Gasteiger partial charge in [-0.25, -0.2) is 0 Å². The first kappa shape index (κ1) is 10.4. The van der Waals surface area contributed by atoms with Gasteiger partial charge in [0.2, 0.25) is 0 Å². The Bertz CT molecular complexity index is 391. The zero-order valence-electron chi connectivity index (χ0n) is 9.71. The molecule has 0 aromatic carbocycles. The molecule has 0 saturated carbocycles. The second kappa shape index (κ2) is 3.80. The van der Waals surface area contributed by atoms with Crippen molar-refractivity contribution in [2.45, 2.75) is 52.5 Å². The molecule has 0 N–H and O–H groups in total. The molecule has 0 unspecified atom stereocenters. The molecule has 0 amide bonds.